The van der Waals surface area contributed by atoms with Crippen LogP contribution in [0.25, 0.3) is 0 Å². The van der Waals surface area contributed by atoms with Crippen LogP contribution in [0.15, 0.2) is 22.7 Å². The minimum Gasteiger partial charge on any atom is -0.369 e. The monoisotopic (exact) mass is 353 g/mol. The SMILES string of the molecule is Cc1ccc(NC(=O)CN2CCC(C(N)=O)CC2)c(Br)c1. The summed E-state index contributed by atoms with van der Waals surface area (Å²) in [7, 11) is 0. The number of halogens is 1. The molecule has 1 aromatic rings. The van der Waals surface area contributed by atoms with E-state index in [2.05, 4.69) is 26.1 Å². The molecular formula is C15H20BrN3O2. The number of hydrogen-bond donors (Lipinski definition) is 2. The summed E-state index contributed by atoms with van der Waals surface area (Å²) < 4.78 is 0.878. The lowest BCUT2D eigenvalue weighted by molar-refractivity contribution is -0.123. The molecule has 2 rings (SSSR count). The smallest absolute Gasteiger partial charge is 0.238 e. The van der Waals surface area contributed by atoms with Gasteiger partial charge >= 0.3 is 0 Å². The fourth-order valence-electron chi connectivity index (χ4n) is 2.49. The molecule has 1 fully saturated rings. The van der Waals surface area contributed by atoms with Crippen molar-refractivity contribution in [3.63, 3.8) is 0 Å². The highest BCUT2D eigenvalue weighted by molar-refractivity contribution is 9.10. The third-order valence-electron chi connectivity index (χ3n) is 3.76. The van der Waals surface area contributed by atoms with Gasteiger partial charge in [-0.3, -0.25) is 14.5 Å². The highest BCUT2D eigenvalue weighted by Crippen LogP contribution is 2.23. The standard InChI is InChI=1S/C15H20BrN3O2/c1-10-2-3-13(12(16)8-10)18-14(20)9-19-6-4-11(5-7-19)15(17)21/h2-3,8,11H,4-7,9H2,1H3,(H2,17,21)(H,18,20). The molecule has 6 heteroatoms. The van der Waals surface area contributed by atoms with Gasteiger partial charge in [0.05, 0.1) is 12.2 Å². The number of piperidine rings is 1. The number of benzene rings is 1. The van der Waals surface area contributed by atoms with Crippen LogP contribution < -0.4 is 11.1 Å². The van der Waals surface area contributed by atoms with E-state index in [1.807, 2.05) is 25.1 Å². The van der Waals surface area contributed by atoms with Gasteiger partial charge in [-0.05, 0) is 66.5 Å². The number of carbonyl (C=O) groups excluding carboxylic acids is 2. The molecule has 114 valence electrons. The Labute approximate surface area is 133 Å². The molecule has 1 aliphatic rings. The molecule has 0 saturated carbocycles. The fraction of sp³-hybridized carbons (Fsp3) is 0.467. The number of amides is 2. The first-order chi connectivity index (χ1) is 9.95. The predicted molar refractivity (Wildman–Crippen MR) is 85.9 cm³/mol. The van der Waals surface area contributed by atoms with Crippen LogP contribution in [0.4, 0.5) is 5.69 Å². The number of hydrogen-bond acceptors (Lipinski definition) is 3. The zero-order valence-corrected chi connectivity index (χ0v) is 13.6. The van der Waals surface area contributed by atoms with E-state index in [4.69, 9.17) is 5.73 Å². The zero-order chi connectivity index (χ0) is 15.4. The topological polar surface area (TPSA) is 75.4 Å². The first-order valence-electron chi connectivity index (χ1n) is 7.03. The Morgan fingerprint density at radius 1 is 1.38 bits per heavy atom. The van der Waals surface area contributed by atoms with Crippen LogP contribution in [0.1, 0.15) is 18.4 Å². The molecule has 1 aliphatic heterocycles. The Morgan fingerprint density at radius 3 is 2.62 bits per heavy atom. The molecule has 1 aromatic carbocycles. The molecule has 2 amide bonds. The maximum atomic E-state index is 12.1. The van der Waals surface area contributed by atoms with E-state index in [1.165, 1.54) is 0 Å². The Bertz CT molecular complexity index is 540. The molecule has 0 atom stereocenters. The van der Waals surface area contributed by atoms with Crippen molar-refractivity contribution in [2.24, 2.45) is 11.7 Å². The summed E-state index contributed by atoms with van der Waals surface area (Å²) in [6.45, 7) is 3.80. The second-order valence-corrected chi connectivity index (χ2v) is 6.34. The van der Waals surface area contributed by atoms with Gasteiger partial charge in [0.2, 0.25) is 11.8 Å². The Morgan fingerprint density at radius 2 is 2.05 bits per heavy atom. The Hall–Kier alpha value is -1.40. The maximum absolute atomic E-state index is 12.1. The molecule has 0 aromatic heterocycles. The summed E-state index contributed by atoms with van der Waals surface area (Å²) in [5.74, 6) is -0.324. The third-order valence-corrected chi connectivity index (χ3v) is 4.41. The lowest BCUT2D eigenvalue weighted by atomic mass is 9.96. The molecular weight excluding hydrogens is 334 g/mol. The zero-order valence-electron chi connectivity index (χ0n) is 12.1. The average Bonchev–Trinajstić information content (AvgIpc) is 2.42. The average molecular weight is 354 g/mol. The number of anilines is 1. The lowest BCUT2D eigenvalue weighted by Gasteiger charge is -2.29. The number of carbonyl (C=O) groups is 2. The molecule has 0 aliphatic carbocycles. The quantitative estimate of drug-likeness (QED) is 0.867. The molecule has 0 spiro atoms. The van der Waals surface area contributed by atoms with Gasteiger partial charge in [-0.15, -0.1) is 0 Å². The van der Waals surface area contributed by atoms with E-state index in [0.717, 1.165) is 41.7 Å². The number of nitrogens with zero attached hydrogens (tertiary/aromatic N) is 1. The van der Waals surface area contributed by atoms with Crippen molar-refractivity contribution >= 4 is 33.4 Å². The number of primary amides is 1. The van der Waals surface area contributed by atoms with Crippen LogP contribution in [0.2, 0.25) is 0 Å². The summed E-state index contributed by atoms with van der Waals surface area (Å²) in [5.41, 5.74) is 7.21. The summed E-state index contributed by atoms with van der Waals surface area (Å²) in [4.78, 5) is 25.2. The van der Waals surface area contributed by atoms with Crippen molar-refractivity contribution < 1.29 is 9.59 Å². The second-order valence-electron chi connectivity index (χ2n) is 5.48. The highest BCUT2D eigenvalue weighted by atomic mass is 79.9. The molecule has 0 unspecified atom stereocenters. The first-order valence-corrected chi connectivity index (χ1v) is 7.82. The number of aryl methyl sites for hydroxylation is 1. The van der Waals surface area contributed by atoms with Gasteiger partial charge in [-0.2, -0.15) is 0 Å². The number of rotatable bonds is 4. The van der Waals surface area contributed by atoms with E-state index >= 15 is 0 Å². The molecule has 21 heavy (non-hydrogen) atoms. The van der Waals surface area contributed by atoms with Crippen molar-refractivity contribution in [2.75, 3.05) is 25.0 Å². The normalized spacial score (nSPS) is 16.7. The largest absolute Gasteiger partial charge is 0.369 e. The third kappa shape index (κ3) is 4.54. The first kappa shape index (κ1) is 16.0. The van der Waals surface area contributed by atoms with Crippen LogP contribution in [-0.2, 0) is 9.59 Å². The summed E-state index contributed by atoms with van der Waals surface area (Å²) in [6.07, 6.45) is 1.47. The van der Waals surface area contributed by atoms with Crippen molar-refractivity contribution in [1.82, 2.24) is 4.90 Å². The van der Waals surface area contributed by atoms with E-state index < -0.39 is 0 Å². The Balaban J connectivity index is 1.84. The van der Waals surface area contributed by atoms with Gasteiger partial charge in [0, 0.05) is 10.4 Å². The molecule has 0 radical (unpaired) electrons. The fourth-order valence-corrected chi connectivity index (χ4v) is 3.08. The highest BCUT2D eigenvalue weighted by Gasteiger charge is 2.24. The van der Waals surface area contributed by atoms with Gasteiger partial charge < -0.3 is 11.1 Å². The summed E-state index contributed by atoms with van der Waals surface area (Å²) in [5, 5.41) is 2.90. The van der Waals surface area contributed by atoms with Crippen LogP contribution in [0.5, 0.6) is 0 Å². The van der Waals surface area contributed by atoms with E-state index in [1.54, 1.807) is 0 Å². The molecule has 0 bridgehead atoms. The summed E-state index contributed by atoms with van der Waals surface area (Å²) in [6, 6.07) is 5.81. The van der Waals surface area contributed by atoms with E-state index in [9.17, 15) is 9.59 Å². The van der Waals surface area contributed by atoms with Crippen molar-refractivity contribution in [3.8, 4) is 0 Å². The maximum Gasteiger partial charge on any atom is 0.238 e. The van der Waals surface area contributed by atoms with Crippen LogP contribution in [0.3, 0.4) is 0 Å². The van der Waals surface area contributed by atoms with Gasteiger partial charge in [0.25, 0.3) is 0 Å². The van der Waals surface area contributed by atoms with Gasteiger partial charge in [-0.1, -0.05) is 6.07 Å². The summed E-state index contributed by atoms with van der Waals surface area (Å²) >= 11 is 3.44. The van der Waals surface area contributed by atoms with Crippen molar-refractivity contribution in [3.05, 3.63) is 28.2 Å². The number of nitrogens with one attached hydrogen (secondary N) is 1. The van der Waals surface area contributed by atoms with E-state index in [-0.39, 0.29) is 17.7 Å². The van der Waals surface area contributed by atoms with Gasteiger partial charge in [0.15, 0.2) is 0 Å². The Kier molecular flexibility index (Phi) is 5.36. The van der Waals surface area contributed by atoms with Crippen molar-refractivity contribution in [2.45, 2.75) is 19.8 Å². The molecule has 1 heterocycles. The second kappa shape index (κ2) is 7.04. The minimum atomic E-state index is -0.234. The van der Waals surface area contributed by atoms with Crippen LogP contribution in [0, 0.1) is 12.8 Å². The van der Waals surface area contributed by atoms with E-state index in [0.29, 0.717) is 6.54 Å². The van der Waals surface area contributed by atoms with Crippen LogP contribution >= 0.6 is 15.9 Å². The number of nitrogens with two attached hydrogens (primary N) is 1. The molecule has 5 nitrogen and oxygen atoms in total. The predicted octanol–water partition coefficient (Wildman–Crippen LogP) is 1.89. The van der Waals surface area contributed by atoms with Crippen LogP contribution in [-0.4, -0.2) is 36.3 Å². The van der Waals surface area contributed by atoms with Gasteiger partial charge in [0.1, 0.15) is 0 Å². The molecule has 3 N–H and O–H groups in total. The number of likely N-dealkylation sites (tertiary alicyclic amines) is 1. The minimum absolute atomic E-state index is 0.0444. The molecule has 1 saturated heterocycles. The van der Waals surface area contributed by atoms with Crippen molar-refractivity contribution in [1.29, 1.82) is 0 Å². The van der Waals surface area contributed by atoms with Gasteiger partial charge in [-0.25, -0.2) is 0 Å². The lowest BCUT2D eigenvalue weighted by Crippen LogP contribution is -2.42.